The molecule has 1 heterocycles. The molecule has 3 rings (SSSR count). The van der Waals surface area contributed by atoms with Crippen LogP contribution in [0.4, 0.5) is 11.4 Å². The highest BCUT2D eigenvalue weighted by molar-refractivity contribution is 7.92. The Kier molecular flexibility index (Phi) is 5.66. The Morgan fingerprint density at radius 1 is 1.00 bits per heavy atom. The molecule has 6 heteroatoms. The van der Waals surface area contributed by atoms with E-state index in [1.165, 1.54) is 37.8 Å². The number of piperazine rings is 1. The van der Waals surface area contributed by atoms with Crippen LogP contribution in [0.5, 0.6) is 0 Å². The molecule has 1 aliphatic carbocycles. The predicted octanol–water partition coefficient (Wildman–Crippen LogP) is 2.90. The van der Waals surface area contributed by atoms with Crippen LogP contribution < -0.4 is 9.62 Å². The van der Waals surface area contributed by atoms with E-state index in [4.69, 9.17) is 0 Å². The molecule has 1 aromatic carbocycles. The Morgan fingerprint density at radius 2 is 1.62 bits per heavy atom. The zero-order chi connectivity index (χ0) is 17.0. The number of anilines is 2. The molecule has 0 unspecified atom stereocenters. The second kappa shape index (κ2) is 7.74. The van der Waals surface area contributed by atoms with Gasteiger partial charge in [-0.2, -0.15) is 0 Å². The van der Waals surface area contributed by atoms with Gasteiger partial charge >= 0.3 is 0 Å². The maximum atomic E-state index is 11.6. The van der Waals surface area contributed by atoms with Crippen molar-refractivity contribution >= 4 is 21.4 Å². The fraction of sp³-hybridized carbons (Fsp3) is 0.667. The van der Waals surface area contributed by atoms with Crippen molar-refractivity contribution in [3.63, 3.8) is 0 Å². The molecule has 0 atom stereocenters. The van der Waals surface area contributed by atoms with Crippen LogP contribution in [0.2, 0.25) is 0 Å². The van der Waals surface area contributed by atoms with Crippen LogP contribution in [0.3, 0.4) is 0 Å². The normalized spacial score (nSPS) is 21.0. The summed E-state index contributed by atoms with van der Waals surface area (Å²) in [7, 11) is -3.20. The summed E-state index contributed by atoms with van der Waals surface area (Å²) >= 11 is 0. The SMILES string of the molecule is CCS(=O)(=O)Nc1ccc(N2CCN(C3CCCCC3)CC2)cc1. The summed E-state index contributed by atoms with van der Waals surface area (Å²) in [5.74, 6) is 0.0951. The van der Waals surface area contributed by atoms with E-state index in [0.29, 0.717) is 5.69 Å². The van der Waals surface area contributed by atoms with E-state index in [0.717, 1.165) is 32.2 Å². The quantitative estimate of drug-likeness (QED) is 0.886. The van der Waals surface area contributed by atoms with Gasteiger partial charge in [-0.3, -0.25) is 9.62 Å². The van der Waals surface area contributed by atoms with Crippen molar-refractivity contribution in [3.8, 4) is 0 Å². The largest absolute Gasteiger partial charge is 0.369 e. The predicted molar refractivity (Wildman–Crippen MR) is 100 cm³/mol. The summed E-state index contributed by atoms with van der Waals surface area (Å²) in [6.45, 7) is 6.01. The van der Waals surface area contributed by atoms with E-state index in [1.807, 2.05) is 24.3 Å². The zero-order valence-electron chi connectivity index (χ0n) is 14.6. The Labute approximate surface area is 146 Å². The van der Waals surface area contributed by atoms with E-state index >= 15 is 0 Å². The highest BCUT2D eigenvalue weighted by atomic mass is 32.2. The fourth-order valence-electron chi connectivity index (χ4n) is 3.78. The van der Waals surface area contributed by atoms with Crippen molar-refractivity contribution in [3.05, 3.63) is 24.3 Å². The molecule has 134 valence electrons. The number of hydrogen-bond acceptors (Lipinski definition) is 4. The zero-order valence-corrected chi connectivity index (χ0v) is 15.4. The van der Waals surface area contributed by atoms with Gasteiger partial charge < -0.3 is 4.90 Å². The lowest BCUT2D eigenvalue weighted by Gasteiger charge is -2.41. The van der Waals surface area contributed by atoms with Gasteiger partial charge in [0.2, 0.25) is 10.0 Å². The average Bonchev–Trinajstić information content (AvgIpc) is 2.63. The number of nitrogens with one attached hydrogen (secondary N) is 1. The first-order valence-corrected chi connectivity index (χ1v) is 10.8. The summed E-state index contributed by atoms with van der Waals surface area (Å²) in [4.78, 5) is 5.07. The van der Waals surface area contributed by atoms with E-state index in [9.17, 15) is 8.42 Å². The van der Waals surface area contributed by atoms with E-state index < -0.39 is 10.0 Å². The molecular weight excluding hydrogens is 322 g/mol. The highest BCUT2D eigenvalue weighted by Crippen LogP contribution is 2.25. The fourth-order valence-corrected chi connectivity index (χ4v) is 4.42. The van der Waals surface area contributed by atoms with Gasteiger partial charge in [-0.1, -0.05) is 19.3 Å². The van der Waals surface area contributed by atoms with Gasteiger partial charge in [0, 0.05) is 43.6 Å². The van der Waals surface area contributed by atoms with E-state index in [2.05, 4.69) is 14.5 Å². The third-order valence-electron chi connectivity index (χ3n) is 5.29. The van der Waals surface area contributed by atoms with Gasteiger partial charge in [-0.05, 0) is 44.0 Å². The molecule has 1 aromatic rings. The molecule has 0 spiro atoms. The van der Waals surface area contributed by atoms with Gasteiger partial charge in [0.1, 0.15) is 0 Å². The highest BCUT2D eigenvalue weighted by Gasteiger charge is 2.25. The third-order valence-corrected chi connectivity index (χ3v) is 6.60. The molecule has 2 fully saturated rings. The third kappa shape index (κ3) is 4.42. The van der Waals surface area contributed by atoms with E-state index in [1.54, 1.807) is 6.92 Å². The van der Waals surface area contributed by atoms with Crippen LogP contribution in [0.25, 0.3) is 0 Å². The number of nitrogens with zero attached hydrogens (tertiary/aromatic N) is 2. The van der Waals surface area contributed by atoms with Gasteiger partial charge in [0.05, 0.1) is 5.75 Å². The van der Waals surface area contributed by atoms with Crippen molar-refractivity contribution < 1.29 is 8.42 Å². The van der Waals surface area contributed by atoms with Crippen molar-refractivity contribution in [1.29, 1.82) is 0 Å². The number of sulfonamides is 1. The van der Waals surface area contributed by atoms with Gasteiger partial charge in [0.25, 0.3) is 0 Å². The summed E-state index contributed by atoms with van der Waals surface area (Å²) in [6, 6.07) is 8.55. The molecule has 1 saturated heterocycles. The number of rotatable bonds is 5. The standard InChI is InChI=1S/C18H29N3O2S/c1-2-24(22,23)19-16-8-10-18(11-9-16)21-14-12-20(13-15-21)17-6-4-3-5-7-17/h8-11,17,19H,2-7,12-15H2,1H3. The van der Waals surface area contributed by atoms with Gasteiger partial charge in [-0.15, -0.1) is 0 Å². The molecule has 0 radical (unpaired) electrons. The number of benzene rings is 1. The molecule has 1 saturated carbocycles. The first kappa shape index (κ1) is 17.5. The Bertz CT molecular complexity index is 616. The minimum absolute atomic E-state index is 0.0951. The summed E-state index contributed by atoms with van der Waals surface area (Å²) in [5, 5.41) is 0. The smallest absolute Gasteiger partial charge is 0.232 e. The monoisotopic (exact) mass is 351 g/mol. The lowest BCUT2D eigenvalue weighted by atomic mass is 9.94. The van der Waals surface area contributed by atoms with Crippen LogP contribution in [0, 0.1) is 0 Å². The molecule has 5 nitrogen and oxygen atoms in total. The van der Waals surface area contributed by atoms with E-state index in [-0.39, 0.29) is 5.75 Å². The van der Waals surface area contributed by atoms with Crippen LogP contribution in [-0.4, -0.2) is 51.3 Å². The van der Waals surface area contributed by atoms with Crippen LogP contribution >= 0.6 is 0 Å². The average molecular weight is 352 g/mol. The molecule has 1 aliphatic heterocycles. The Morgan fingerprint density at radius 3 is 2.21 bits per heavy atom. The van der Waals surface area contributed by atoms with Crippen molar-refractivity contribution in [1.82, 2.24) is 4.90 Å². The lowest BCUT2D eigenvalue weighted by molar-refractivity contribution is 0.148. The molecular formula is C18H29N3O2S. The first-order chi connectivity index (χ1) is 11.6. The van der Waals surface area contributed by atoms with Crippen LogP contribution in [-0.2, 0) is 10.0 Å². The molecule has 0 aromatic heterocycles. The molecule has 0 bridgehead atoms. The van der Waals surface area contributed by atoms with Gasteiger partial charge in [-0.25, -0.2) is 8.42 Å². The first-order valence-electron chi connectivity index (χ1n) is 9.17. The van der Waals surface area contributed by atoms with Crippen molar-refractivity contribution in [2.75, 3.05) is 41.6 Å². The lowest BCUT2D eigenvalue weighted by Crippen LogP contribution is -2.50. The summed E-state index contributed by atoms with van der Waals surface area (Å²) in [6.07, 6.45) is 6.92. The van der Waals surface area contributed by atoms with Crippen LogP contribution in [0.15, 0.2) is 24.3 Å². The van der Waals surface area contributed by atoms with Crippen LogP contribution in [0.1, 0.15) is 39.0 Å². The minimum Gasteiger partial charge on any atom is -0.369 e. The number of hydrogen-bond donors (Lipinski definition) is 1. The molecule has 2 aliphatic rings. The van der Waals surface area contributed by atoms with Crippen molar-refractivity contribution in [2.24, 2.45) is 0 Å². The van der Waals surface area contributed by atoms with Gasteiger partial charge in [0.15, 0.2) is 0 Å². The summed E-state index contributed by atoms with van der Waals surface area (Å²) in [5.41, 5.74) is 1.82. The molecule has 24 heavy (non-hydrogen) atoms. The summed E-state index contributed by atoms with van der Waals surface area (Å²) < 4.78 is 25.8. The maximum Gasteiger partial charge on any atom is 0.232 e. The van der Waals surface area contributed by atoms with Crippen molar-refractivity contribution in [2.45, 2.75) is 45.1 Å². The maximum absolute atomic E-state index is 11.6. The molecule has 1 N–H and O–H groups in total. The topological polar surface area (TPSA) is 52.7 Å². The second-order valence-electron chi connectivity index (χ2n) is 6.87. The second-order valence-corrected chi connectivity index (χ2v) is 8.88. The Balaban J connectivity index is 1.54. The minimum atomic E-state index is -3.20. The Hall–Kier alpha value is -1.27. The molecule has 0 amide bonds.